The van der Waals surface area contributed by atoms with Gasteiger partial charge in [0.25, 0.3) is 0 Å². The van der Waals surface area contributed by atoms with Crippen LogP contribution in [0, 0.1) is 0 Å². The summed E-state index contributed by atoms with van der Waals surface area (Å²) in [5.41, 5.74) is 1.97. The van der Waals surface area contributed by atoms with Gasteiger partial charge in [-0.25, -0.2) is 0 Å². The molecule has 3 rings (SSSR count). The van der Waals surface area contributed by atoms with Gasteiger partial charge in [-0.3, -0.25) is 0 Å². The molecule has 1 N–H and O–H groups in total. The van der Waals surface area contributed by atoms with Crippen molar-refractivity contribution in [3.8, 4) is 11.5 Å². The minimum atomic E-state index is -0.561. The lowest BCUT2D eigenvalue weighted by atomic mass is 9.91. The molecule has 0 aromatic heterocycles. The molecule has 0 radical (unpaired) electrons. The summed E-state index contributed by atoms with van der Waals surface area (Å²) in [5, 5.41) is 10.6. The summed E-state index contributed by atoms with van der Waals surface area (Å²) in [6, 6.07) is 15.6. The molecular formula is C18H20O3. The van der Waals surface area contributed by atoms with Crippen LogP contribution in [0.5, 0.6) is 11.5 Å². The molecule has 0 saturated heterocycles. The highest BCUT2D eigenvalue weighted by Gasteiger charge is 2.30. The summed E-state index contributed by atoms with van der Waals surface area (Å²) in [6.45, 7) is 3.32. The van der Waals surface area contributed by atoms with Gasteiger partial charge in [-0.1, -0.05) is 37.3 Å². The van der Waals surface area contributed by atoms with Crippen LogP contribution in [0.25, 0.3) is 0 Å². The van der Waals surface area contributed by atoms with E-state index >= 15 is 0 Å². The molecule has 3 nitrogen and oxygen atoms in total. The third kappa shape index (κ3) is 2.88. The van der Waals surface area contributed by atoms with Crippen LogP contribution in [0.4, 0.5) is 0 Å². The van der Waals surface area contributed by atoms with Crippen molar-refractivity contribution in [2.75, 3.05) is 13.2 Å². The van der Waals surface area contributed by atoms with Gasteiger partial charge in [-0.15, -0.1) is 0 Å². The Morgan fingerprint density at radius 1 is 1.19 bits per heavy atom. The predicted octanol–water partition coefficient (Wildman–Crippen LogP) is 3.69. The first-order valence-electron chi connectivity index (χ1n) is 7.42. The van der Waals surface area contributed by atoms with Crippen LogP contribution in [-0.4, -0.2) is 18.3 Å². The summed E-state index contributed by atoms with van der Waals surface area (Å²) in [6.07, 6.45) is 0.425. The van der Waals surface area contributed by atoms with Crippen LogP contribution in [0.3, 0.4) is 0 Å². The minimum Gasteiger partial charge on any atom is -0.494 e. The van der Waals surface area contributed by atoms with Gasteiger partial charge in [0, 0.05) is 5.56 Å². The fourth-order valence-corrected chi connectivity index (χ4v) is 2.66. The van der Waals surface area contributed by atoms with Crippen molar-refractivity contribution in [2.45, 2.75) is 25.4 Å². The van der Waals surface area contributed by atoms with E-state index in [1.54, 1.807) is 0 Å². The Kier molecular flexibility index (Phi) is 4.11. The minimum absolute atomic E-state index is 0.0105. The number of benzene rings is 2. The van der Waals surface area contributed by atoms with Crippen molar-refractivity contribution in [1.82, 2.24) is 0 Å². The number of rotatable bonds is 5. The lowest BCUT2D eigenvalue weighted by molar-refractivity contribution is 0.130. The van der Waals surface area contributed by atoms with Crippen molar-refractivity contribution in [1.29, 1.82) is 0 Å². The lowest BCUT2D eigenvalue weighted by Gasteiger charge is -2.18. The molecule has 1 aliphatic heterocycles. The molecule has 0 saturated carbocycles. The Morgan fingerprint density at radius 2 is 1.95 bits per heavy atom. The predicted molar refractivity (Wildman–Crippen MR) is 81.9 cm³/mol. The van der Waals surface area contributed by atoms with Crippen LogP contribution in [0.1, 0.15) is 36.5 Å². The lowest BCUT2D eigenvalue weighted by Crippen LogP contribution is -2.12. The van der Waals surface area contributed by atoms with Crippen molar-refractivity contribution in [3.05, 3.63) is 59.7 Å². The number of aliphatic hydroxyl groups excluding tert-OH is 1. The van der Waals surface area contributed by atoms with E-state index in [0.717, 1.165) is 29.0 Å². The van der Waals surface area contributed by atoms with Crippen molar-refractivity contribution >= 4 is 0 Å². The molecule has 21 heavy (non-hydrogen) atoms. The second kappa shape index (κ2) is 6.19. The topological polar surface area (TPSA) is 38.7 Å². The molecule has 2 unspecified atom stereocenters. The maximum atomic E-state index is 10.6. The zero-order valence-electron chi connectivity index (χ0n) is 12.2. The van der Waals surface area contributed by atoms with Gasteiger partial charge >= 0.3 is 0 Å². The van der Waals surface area contributed by atoms with Crippen molar-refractivity contribution < 1.29 is 14.6 Å². The number of para-hydroxylation sites is 1. The average Bonchev–Trinajstić information content (AvgIpc) is 2.97. The molecule has 0 aliphatic carbocycles. The molecule has 1 aliphatic rings. The number of hydrogen-bond donors (Lipinski definition) is 1. The van der Waals surface area contributed by atoms with E-state index in [0.29, 0.717) is 13.2 Å². The van der Waals surface area contributed by atoms with E-state index < -0.39 is 6.10 Å². The van der Waals surface area contributed by atoms with Crippen LogP contribution < -0.4 is 9.47 Å². The van der Waals surface area contributed by atoms with Gasteiger partial charge < -0.3 is 14.6 Å². The van der Waals surface area contributed by atoms with E-state index in [1.807, 2.05) is 48.5 Å². The van der Waals surface area contributed by atoms with Gasteiger partial charge in [0.15, 0.2) is 0 Å². The van der Waals surface area contributed by atoms with Gasteiger partial charge in [-0.05, 0) is 30.2 Å². The first kappa shape index (κ1) is 14.0. The molecule has 0 amide bonds. The van der Waals surface area contributed by atoms with Crippen molar-refractivity contribution in [2.24, 2.45) is 0 Å². The van der Waals surface area contributed by atoms with Crippen LogP contribution in [-0.2, 0) is 0 Å². The van der Waals surface area contributed by atoms with Crippen LogP contribution in [0.2, 0.25) is 0 Å². The van der Waals surface area contributed by atoms with Gasteiger partial charge in [0.2, 0.25) is 0 Å². The summed E-state index contributed by atoms with van der Waals surface area (Å²) in [5.74, 6) is 1.71. The third-order valence-corrected chi connectivity index (χ3v) is 3.81. The summed E-state index contributed by atoms with van der Waals surface area (Å²) < 4.78 is 11.2. The smallest absolute Gasteiger partial charge is 0.123 e. The fraction of sp³-hybridized carbons (Fsp3) is 0.333. The monoisotopic (exact) mass is 284 g/mol. The largest absolute Gasteiger partial charge is 0.494 e. The maximum Gasteiger partial charge on any atom is 0.123 e. The number of hydrogen-bond acceptors (Lipinski definition) is 3. The second-order valence-electron chi connectivity index (χ2n) is 5.32. The molecule has 2 aromatic carbocycles. The SMILES string of the molecule is CCCOc1ccc(C(O)C2COc3ccccc32)cc1. The first-order chi connectivity index (χ1) is 10.3. The first-order valence-corrected chi connectivity index (χ1v) is 7.42. The van der Waals surface area contributed by atoms with Crippen LogP contribution >= 0.6 is 0 Å². The molecule has 0 bridgehead atoms. The second-order valence-corrected chi connectivity index (χ2v) is 5.32. The van der Waals surface area contributed by atoms with E-state index in [9.17, 15) is 5.11 Å². The highest BCUT2D eigenvalue weighted by molar-refractivity contribution is 5.42. The highest BCUT2D eigenvalue weighted by atomic mass is 16.5. The highest BCUT2D eigenvalue weighted by Crippen LogP contribution is 2.41. The Hall–Kier alpha value is -2.00. The van der Waals surface area contributed by atoms with Crippen molar-refractivity contribution in [3.63, 3.8) is 0 Å². The Bertz CT molecular complexity index is 592. The molecule has 0 fully saturated rings. The average molecular weight is 284 g/mol. The van der Waals surface area contributed by atoms with Gasteiger partial charge in [0.05, 0.1) is 25.2 Å². The molecule has 3 heteroatoms. The Balaban J connectivity index is 1.75. The summed E-state index contributed by atoms with van der Waals surface area (Å²) in [4.78, 5) is 0. The van der Waals surface area contributed by atoms with E-state index in [4.69, 9.17) is 9.47 Å². The number of aliphatic hydroxyl groups is 1. The molecule has 2 aromatic rings. The normalized spacial score (nSPS) is 17.9. The number of fused-ring (bicyclic) bond motifs is 1. The summed E-state index contributed by atoms with van der Waals surface area (Å²) in [7, 11) is 0. The fourth-order valence-electron chi connectivity index (χ4n) is 2.66. The molecule has 110 valence electrons. The van der Waals surface area contributed by atoms with E-state index in [1.165, 1.54) is 0 Å². The molecule has 2 atom stereocenters. The summed E-state index contributed by atoms with van der Waals surface area (Å²) >= 11 is 0. The standard InChI is InChI=1S/C18H20O3/c1-2-11-20-14-9-7-13(8-10-14)18(19)16-12-21-17-6-4-3-5-15(16)17/h3-10,16,18-19H,2,11-12H2,1H3. The maximum absolute atomic E-state index is 10.6. The third-order valence-electron chi connectivity index (χ3n) is 3.81. The van der Waals surface area contributed by atoms with Crippen LogP contribution in [0.15, 0.2) is 48.5 Å². The zero-order valence-corrected chi connectivity index (χ0v) is 12.2. The van der Waals surface area contributed by atoms with Gasteiger partial charge in [-0.2, -0.15) is 0 Å². The quantitative estimate of drug-likeness (QED) is 0.910. The van der Waals surface area contributed by atoms with E-state index in [-0.39, 0.29) is 5.92 Å². The Labute approximate surface area is 125 Å². The van der Waals surface area contributed by atoms with E-state index in [2.05, 4.69) is 6.92 Å². The number of ether oxygens (including phenoxy) is 2. The molecular weight excluding hydrogens is 264 g/mol. The zero-order chi connectivity index (χ0) is 14.7. The molecule has 0 spiro atoms. The van der Waals surface area contributed by atoms with Gasteiger partial charge in [0.1, 0.15) is 11.5 Å². The Morgan fingerprint density at radius 3 is 2.71 bits per heavy atom. The molecule has 1 heterocycles.